The maximum absolute atomic E-state index is 14.4. The van der Waals surface area contributed by atoms with Crippen molar-refractivity contribution >= 4 is 32.5 Å². The smallest absolute Gasteiger partial charge is 0.195 e. The van der Waals surface area contributed by atoms with Gasteiger partial charge in [-0.15, -0.1) is 0 Å². The highest BCUT2D eigenvalue weighted by Crippen LogP contribution is 2.51. The minimum Gasteiger partial charge on any atom is -0.508 e. The molecule has 5 aromatic rings. The van der Waals surface area contributed by atoms with E-state index in [1.807, 2.05) is 30.3 Å². The van der Waals surface area contributed by atoms with Crippen molar-refractivity contribution in [1.29, 1.82) is 0 Å². The van der Waals surface area contributed by atoms with E-state index >= 15 is 0 Å². The number of carbonyl (C=O) groups is 1. The molecule has 0 saturated carbocycles. The molecule has 0 aromatic heterocycles. The van der Waals surface area contributed by atoms with Gasteiger partial charge in [-0.25, -0.2) is 4.39 Å². The Morgan fingerprint density at radius 3 is 2.38 bits per heavy atom. The van der Waals surface area contributed by atoms with Crippen LogP contribution in [0.15, 0.2) is 102 Å². The first-order valence-corrected chi connectivity index (χ1v) is 11.8. The molecule has 0 bridgehead atoms. The van der Waals surface area contributed by atoms with Gasteiger partial charge in [0.2, 0.25) is 0 Å². The lowest BCUT2D eigenvalue weighted by molar-refractivity contribution is 0.103. The van der Waals surface area contributed by atoms with Gasteiger partial charge in [0.25, 0.3) is 0 Å². The number of aromatic hydroxyl groups is 1. The molecule has 5 aromatic carbocycles. The van der Waals surface area contributed by atoms with Crippen molar-refractivity contribution in [3.8, 4) is 16.9 Å². The number of carbonyl (C=O) groups excluding carboxylic acids is 1. The van der Waals surface area contributed by atoms with Crippen molar-refractivity contribution in [3.05, 3.63) is 135 Å². The maximum Gasteiger partial charge on any atom is 0.195 e. The summed E-state index contributed by atoms with van der Waals surface area (Å²) in [6.45, 7) is 0. The van der Waals surface area contributed by atoms with Crippen LogP contribution in [0.25, 0.3) is 21.9 Å². The Morgan fingerprint density at radius 2 is 1.59 bits per heavy atom. The highest BCUT2D eigenvalue weighted by molar-refractivity contribution is 9.10. The minimum atomic E-state index is -0.525. The Morgan fingerprint density at radius 1 is 0.824 bits per heavy atom. The Hall–Kier alpha value is -3.76. The highest BCUT2D eigenvalue weighted by Gasteiger charge is 2.32. The number of hydrogen-bond donors (Lipinski definition) is 1. The van der Waals surface area contributed by atoms with Gasteiger partial charge < -0.3 is 5.11 Å². The van der Waals surface area contributed by atoms with E-state index in [1.165, 1.54) is 17.7 Å². The lowest BCUT2D eigenvalue weighted by Crippen LogP contribution is -2.06. The summed E-state index contributed by atoms with van der Waals surface area (Å²) in [4.78, 5) is 13.2. The fourth-order valence-electron chi connectivity index (χ4n) is 5.03. The predicted octanol–water partition coefficient (Wildman–Crippen LogP) is 7.84. The van der Waals surface area contributed by atoms with Crippen molar-refractivity contribution < 1.29 is 14.3 Å². The van der Waals surface area contributed by atoms with Gasteiger partial charge in [0.15, 0.2) is 5.78 Å². The maximum atomic E-state index is 14.4. The van der Waals surface area contributed by atoms with Crippen LogP contribution in [0.2, 0.25) is 0 Å². The van der Waals surface area contributed by atoms with E-state index in [4.69, 9.17) is 0 Å². The van der Waals surface area contributed by atoms with Crippen molar-refractivity contribution in [1.82, 2.24) is 0 Å². The number of benzene rings is 5. The predicted molar refractivity (Wildman–Crippen MR) is 136 cm³/mol. The lowest BCUT2D eigenvalue weighted by Gasteiger charge is -2.17. The fourth-order valence-corrected chi connectivity index (χ4v) is 5.41. The van der Waals surface area contributed by atoms with Gasteiger partial charge in [0.05, 0.1) is 5.56 Å². The summed E-state index contributed by atoms with van der Waals surface area (Å²) in [6.07, 6.45) is 0. The molecule has 4 heteroatoms. The summed E-state index contributed by atoms with van der Waals surface area (Å²) in [5.74, 6) is -0.783. The first kappa shape index (κ1) is 20.8. The van der Waals surface area contributed by atoms with Gasteiger partial charge in [0.1, 0.15) is 11.6 Å². The highest BCUT2D eigenvalue weighted by atomic mass is 79.9. The number of hydrogen-bond acceptors (Lipinski definition) is 2. The minimum absolute atomic E-state index is 0.0643. The van der Waals surface area contributed by atoms with Crippen LogP contribution in [-0.2, 0) is 0 Å². The Labute approximate surface area is 204 Å². The molecular weight excluding hydrogens is 491 g/mol. The van der Waals surface area contributed by atoms with Crippen molar-refractivity contribution in [3.63, 3.8) is 0 Å². The van der Waals surface area contributed by atoms with Crippen LogP contribution in [0.1, 0.15) is 38.5 Å². The van der Waals surface area contributed by atoms with Crippen molar-refractivity contribution in [2.45, 2.75) is 5.92 Å². The zero-order valence-corrected chi connectivity index (χ0v) is 19.5. The number of ketones is 1. The third kappa shape index (κ3) is 3.25. The summed E-state index contributed by atoms with van der Waals surface area (Å²) < 4.78 is 15.4. The molecule has 0 fully saturated rings. The molecule has 0 saturated heterocycles. The molecule has 0 heterocycles. The standard InChI is InChI=1S/C30H18BrFO2/c31-20-9-14-22-18(15-20)7-13-24-23-12-8-19(30(34)25-3-1-2-4-27(25)32)16-26(23)28(29(22)24)17-5-10-21(33)11-6-17/h1-16,28,33H. The quantitative estimate of drug-likeness (QED) is 0.247. The molecular formula is C30H18BrFO2. The molecule has 0 radical (unpaired) electrons. The third-order valence-electron chi connectivity index (χ3n) is 6.57. The van der Waals surface area contributed by atoms with E-state index in [0.717, 1.165) is 37.5 Å². The van der Waals surface area contributed by atoms with Crippen molar-refractivity contribution in [2.75, 3.05) is 0 Å². The van der Waals surface area contributed by atoms with E-state index in [-0.39, 0.29) is 23.0 Å². The molecule has 164 valence electrons. The Balaban J connectivity index is 1.59. The number of phenolic OH excluding ortho intramolecular Hbond substituents is 1. The first-order valence-electron chi connectivity index (χ1n) is 11.0. The molecule has 0 amide bonds. The summed E-state index contributed by atoms with van der Waals surface area (Å²) in [5.41, 5.74) is 5.88. The first-order chi connectivity index (χ1) is 16.5. The van der Waals surface area contributed by atoms with Gasteiger partial charge in [-0.05, 0) is 81.1 Å². The second-order valence-corrected chi connectivity index (χ2v) is 9.44. The monoisotopic (exact) mass is 508 g/mol. The van der Waals surface area contributed by atoms with E-state index in [9.17, 15) is 14.3 Å². The summed E-state index contributed by atoms with van der Waals surface area (Å²) in [6, 6.07) is 29.4. The van der Waals surface area contributed by atoms with Crippen LogP contribution >= 0.6 is 15.9 Å². The van der Waals surface area contributed by atoms with Crippen molar-refractivity contribution in [2.24, 2.45) is 0 Å². The van der Waals surface area contributed by atoms with Gasteiger partial charge in [-0.2, -0.15) is 0 Å². The summed E-state index contributed by atoms with van der Waals surface area (Å²) in [5, 5.41) is 12.1. The van der Waals surface area contributed by atoms with E-state index < -0.39 is 5.82 Å². The molecule has 6 rings (SSSR count). The molecule has 0 spiro atoms. The molecule has 0 aliphatic heterocycles. The topological polar surface area (TPSA) is 37.3 Å². The van der Waals surface area contributed by atoms with Gasteiger partial charge in [-0.1, -0.05) is 70.5 Å². The van der Waals surface area contributed by atoms with Gasteiger partial charge in [-0.3, -0.25) is 4.79 Å². The third-order valence-corrected chi connectivity index (χ3v) is 7.07. The molecule has 1 aliphatic carbocycles. The second kappa shape index (κ2) is 7.93. The summed E-state index contributed by atoms with van der Waals surface area (Å²) >= 11 is 3.57. The van der Waals surface area contributed by atoms with Crippen LogP contribution in [0.3, 0.4) is 0 Å². The average molecular weight is 509 g/mol. The molecule has 1 unspecified atom stereocenters. The van der Waals surface area contributed by atoms with E-state index in [1.54, 1.807) is 30.3 Å². The Bertz CT molecular complexity index is 1610. The largest absolute Gasteiger partial charge is 0.508 e. The SMILES string of the molecule is O=C(c1ccc2c(c1)C(c1ccc(O)cc1)c1c-2ccc2cc(Br)ccc12)c1ccccc1F. The molecule has 2 nitrogen and oxygen atoms in total. The van der Waals surface area contributed by atoms with Crippen LogP contribution in [0.5, 0.6) is 5.75 Å². The van der Waals surface area contributed by atoms with E-state index in [2.05, 4.69) is 40.2 Å². The molecule has 34 heavy (non-hydrogen) atoms. The lowest BCUT2D eigenvalue weighted by atomic mass is 9.86. The number of phenols is 1. The zero-order chi connectivity index (χ0) is 23.4. The molecule has 1 aliphatic rings. The normalized spacial score (nSPS) is 14.1. The van der Waals surface area contributed by atoms with Gasteiger partial charge in [0, 0.05) is 16.0 Å². The zero-order valence-electron chi connectivity index (χ0n) is 17.9. The van der Waals surface area contributed by atoms with Gasteiger partial charge >= 0.3 is 0 Å². The van der Waals surface area contributed by atoms with Crippen LogP contribution < -0.4 is 0 Å². The number of fused-ring (bicyclic) bond motifs is 5. The number of rotatable bonds is 3. The van der Waals surface area contributed by atoms with E-state index in [0.29, 0.717) is 5.56 Å². The van der Waals surface area contributed by atoms with Crippen LogP contribution in [0.4, 0.5) is 4.39 Å². The average Bonchev–Trinajstić information content (AvgIpc) is 3.18. The number of halogens is 2. The fraction of sp³-hybridized carbons (Fsp3) is 0.0333. The summed E-state index contributed by atoms with van der Waals surface area (Å²) in [7, 11) is 0. The van der Waals surface area contributed by atoms with Crippen LogP contribution in [0, 0.1) is 5.82 Å². The van der Waals surface area contributed by atoms with Crippen LogP contribution in [-0.4, -0.2) is 10.9 Å². The second-order valence-electron chi connectivity index (χ2n) is 8.53. The molecule has 1 N–H and O–H groups in total. The molecule has 1 atom stereocenters. The Kier molecular flexibility index (Phi) is 4.85.